The zero-order chi connectivity index (χ0) is 15.9. The maximum absolute atomic E-state index is 10.5. The second kappa shape index (κ2) is 7.41. The molecule has 2 aromatic carbocycles. The molecule has 0 aliphatic carbocycles. The Morgan fingerprint density at radius 1 is 1.09 bits per heavy atom. The molecule has 2 nitrogen and oxygen atoms in total. The van der Waals surface area contributed by atoms with Crippen molar-refractivity contribution in [2.24, 2.45) is 0 Å². The lowest BCUT2D eigenvalue weighted by molar-refractivity contribution is -0.131. The lowest BCUT2D eigenvalue weighted by Crippen LogP contribution is -1.88. The molecule has 22 heavy (non-hydrogen) atoms. The number of carboxylic acid groups (broad SMARTS) is 1. The number of hydrogen-bond donors (Lipinski definition) is 1. The molecule has 0 radical (unpaired) electrons. The number of benzene rings is 2. The minimum atomic E-state index is -0.935. The third-order valence-electron chi connectivity index (χ3n) is 3.48. The normalized spacial score (nSPS) is 11.4. The Morgan fingerprint density at radius 3 is 2.45 bits per heavy atom. The van der Waals surface area contributed by atoms with Crippen LogP contribution in [0.25, 0.3) is 23.3 Å². The number of aliphatic carboxylic acids is 1. The van der Waals surface area contributed by atoms with E-state index in [1.165, 1.54) is 16.7 Å². The van der Waals surface area contributed by atoms with Crippen LogP contribution in [0, 0.1) is 6.92 Å². The molecule has 0 spiro atoms. The zero-order valence-corrected chi connectivity index (χ0v) is 12.9. The topological polar surface area (TPSA) is 37.3 Å². The van der Waals surface area contributed by atoms with Crippen LogP contribution < -0.4 is 0 Å². The van der Waals surface area contributed by atoms with Gasteiger partial charge in [-0.25, -0.2) is 4.79 Å². The molecule has 0 saturated carbocycles. The molecule has 0 unspecified atom stereocenters. The number of aryl methyl sites for hydroxylation is 1. The molecule has 0 saturated heterocycles. The quantitative estimate of drug-likeness (QED) is 0.771. The summed E-state index contributed by atoms with van der Waals surface area (Å²) in [5, 5.41) is 8.66. The molecule has 0 aliphatic heterocycles. The first-order valence-corrected chi connectivity index (χ1v) is 7.39. The maximum atomic E-state index is 10.5. The minimum absolute atomic E-state index is 0.879. The van der Waals surface area contributed by atoms with Gasteiger partial charge < -0.3 is 5.11 Å². The third-order valence-corrected chi connectivity index (χ3v) is 3.48. The average molecular weight is 292 g/mol. The predicted octanol–water partition coefficient (Wildman–Crippen LogP) is 5.18. The number of allylic oxidation sites excluding steroid dienone is 1. The van der Waals surface area contributed by atoms with Crippen molar-refractivity contribution in [2.75, 3.05) is 0 Å². The predicted molar refractivity (Wildman–Crippen MR) is 92.6 cm³/mol. The van der Waals surface area contributed by atoms with Crippen molar-refractivity contribution in [3.05, 3.63) is 71.3 Å². The SMILES string of the molecule is CC/C=C\c1c(C)cccc1-c1ccc(/C=C/C(=O)O)cc1. The lowest BCUT2D eigenvalue weighted by atomic mass is 9.95. The fraction of sp³-hybridized carbons (Fsp3) is 0.150. The van der Waals surface area contributed by atoms with E-state index in [1.807, 2.05) is 24.3 Å². The van der Waals surface area contributed by atoms with E-state index >= 15 is 0 Å². The first kappa shape index (κ1) is 15.8. The highest BCUT2D eigenvalue weighted by atomic mass is 16.4. The fourth-order valence-corrected chi connectivity index (χ4v) is 2.33. The summed E-state index contributed by atoms with van der Waals surface area (Å²) in [4.78, 5) is 10.5. The Morgan fingerprint density at radius 2 is 1.82 bits per heavy atom. The summed E-state index contributed by atoms with van der Waals surface area (Å²) in [6.07, 6.45) is 8.09. The summed E-state index contributed by atoms with van der Waals surface area (Å²) < 4.78 is 0. The first-order valence-electron chi connectivity index (χ1n) is 7.39. The van der Waals surface area contributed by atoms with E-state index in [0.717, 1.165) is 23.6 Å². The highest BCUT2D eigenvalue weighted by Crippen LogP contribution is 2.28. The Kier molecular flexibility index (Phi) is 5.31. The van der Waals surface area contributed by atoms with Crippen LogP contribution in [0.1, 0.15) is 30.0 Å². The van der Waals surface area contributed by atoms with Gasteiger partial charge in [0.1, 0.15) is 0 Å². The standard InChI is InChI=1S/C20H20O2/c1-3-4-7-18-15(2)6-5-8-19(18)17-12-9-16(10-13-17)11-14-20(21)22/h4-14H,3H2,1-2H3,(H,21,22)/b7-4-,14-11+. The Balaban J connectivity index is 2.38. The van der Waals surface area contributed by atoms with Gasteiger partial charge in [-0.15, -0.1) is 0 Å². The number of carboxylic acids is 1. The Hall–Kier alpha value is -2.61. The largest absolute Gasteiger partial charge is 0.478 e. The maximum Gasteiger partial charge on any atom is 0.328 e. The molecule has 0 amide bonds. The molecule has 0 fully saturated rings. The van der Waals surface area contributed by atoms with E-state index < -0.39 is 5.97 Å². The van der Waals surface area contributed by atoms with Crippen LogP contribution >= 0.6 is 0 Å². The third kappa shape index (κ3) is 3.95. The minimum Gasteiger partial charge on any atom is -0.478 e. The molecular weight excluding hydrogens is 272 g/mol. The van der Waals surface area contributed by atoms with E-state index in [9.17, 15) is 4.79 Å². The second-order valence-electron chi connectivity index (χ2n) is 5.14. The first-order chi connectivity index (χ1) is 10.6. The highest BCUT2D eigenvalue weighted by molar-refractivity contribution is 5.85. The van der Waals surface area contributed by atoms with Gasteiger partial charge in [0.2, 0.25) is 0 Å². The van der Waals surface area contributed by atoms with Crippen LogP contribution in [0.2, 0.25) is 0 Å². The van der Waals surface area contributed by atoms with Crippen molar-refractivity contribution >= 4 is 18.1 Å². The van der Waals surface area contributed by atoms with Gasteiger partial charge in [-0.05, 0) is 47.2 Å². The van der Waals surface area contributed by atoms with Gasteiger partial charge in [0.05, 0.1) is 0 Å². The molecule has 0 bridgehead atoms. The Bertz CT molecular complexity index is 707. The van der Waals surface area contributed by atoms with E-state index in [1.54, 1.807) is 6.08 Å². The summed E-state index contributed by atoms with van der Waals surface area (Å²) in [7, 11) is 0. The molecule has 0 aromatic heterocycles. The molecule has 1 N–H and O–H groups in total. The van der Waals surface area contributed by atoms with Gasteiger partial charge >= 0.3 is 5.97 Å². The monoisotopic (exact) mass is 292 g/mol. The molecule has 2 aromatic rings. The van der Waals surface area contributed by atoms with Crippen molar-refractivity contribution in [2.45, 2.75) is 20.3 Å². The van der Waals surface area contributed by atoms with Crippen molar-refractivity contribution in [3.63, 3.8) is 0 Å². The van der Waals surface area contributed by atoms with Gasteiger partial charge in [0.15, 0.2) is 0 Å². The summed E-state index contributed by atoms with van der Waals surface area (Å²) >= 11 is 0. The molecule has 0 aliphatic rings. The van der Waals surface area contributed by atoms with Crippen LogP contribution in [0.5, 0.6) is 0 Å². The second-order valence-corrected chi connectivity index (χ2v) is 5.14. The summed E-state index contributed by atoms with van der Waals surface area (Å²) in [5.74, 6) is -0.935. The average Bonchev–Trinajstić information content (AvgIpc) is 2.52. The smallest absolute Gasteiger partial charge is 0.328 e. The van der Waals surface area contributed by atoms with Crippen LogP contribution in [0.4, 0.5) is 0 Å². The molecule has 0 heterocycles. The van der Waals surface area contributed by atoms with Gasteiger partial charge in [0.25, 0.3) is 0 Å². The highest BCUT2D eigenvalue weighted by Gasteiger charge is 2.05. The molecular formula is C20H20O2. The van der Waals surface area contributed by atoms with Gasteiger partial charge in [0, 0.05) is 6.08 Å². The summed E-state index contributed by atoms with van der Waals surface area (Å²) in [6, 6.07) is 14.2. The zero-order valence-electron chi connectivity index (χ0n) is 12.9. The van der Waals surface area contributed by atoms with Crippen molar-refractivity contribution < 1.29 is 9.90 Å². The molecule has 0 atom stereocenters. The summed E-state index contributed by atoms with van der Waals surface area (Å²) in [6.45, 7) is 4.24. The van der Waals surface area contributed by atoms with Crippen LogP contribution in [-0.4, -0.2) is 11.1 Å². The van der Waals surface area contributed by atoms with Crippen molar-refractivity contribution in [1.29, 1.82) is 0 Å². The van der Waals surface area contributed by atoms with E-state index in [4.69, 9.17) is 5.11 Å². The van der Waals surface area contributed by atoms with Crippen LogP contribution in [-0.2, 0) is 4.79 Å². The fourth-order valence-electron chi connectivity index (χ4n) is 2.33. The molecule has 2 heteroatoms. The van der Waals surface area contributed by atoms with Crippen molar-refractivity contribution in [3.8, 4) is 11.1 Å². The van der Waals surface area contributed by atoms with Gasteiger partial charge in [-0.3, -0.25) is 0 Å². The van der Waals surface area contributed by atoms with Gasteiger partial charge in [-0.1, -0.05) is 61.5 Å². The number of hydrogen-bond acceptors (Lipinski definition) is 1. The summed E-state index contributed by atoms with van der Waals surface area (Å²) in [5.41, 5.74) is 5.69. The van der Waals surface area contributed by atoms with E-state index in [0.29, 0.717) is 0 Å². The molecule has 112 valence electrons. The van der Waals surface area contributed by atoms with Crippen molar-refractivity contribution in [1.82, 2.24) is 0 Å². The van der Waals surface area contributed by atoms with Gasteiger partial charge in [-0.2, -0.15) is 0 Å². The lowest BCUT2D eigenvalue weighted by Gasteiger charge is -2.10. The van der Waals surface area contributed by atoms with Crippen LogP contribution in [0.3, 0.4) is 0 Å². The Labute approximate surface area is 131 Å². The molecule has 2 rings (SSSR count). The van der Waals surface area contributed by atoms with Crippen LogP contribution in [0.15, 0.2) is 54.6 Å². The van der Waals surface area contributed by atoms with E-state index in [-0.39, 0.29) is 0 Å². The number of carbonyl (C=O) groups is 1. The van der Waals surface area contributed by atoms with E-state index in [2.05, 4.69) is 44.2 Å². The number of rotatable bonds is 5.